The minimum Gasteiger partial charge on any atom is -0.497 e. The highest BCUT2D eigenvalue weighted by molar-refractivity contribution is 6.08. The van der Waals surface area contributed by atoms with Gasteiger partial charge in [0.2, 0.25) is 0 Å². The lowest BCUT2D eigenvalue weighted by Gasteiger charge is -2.11. The topological polar surface area (TPSA) is 50.4 Å². The fraction of sp³-hybridized carbons (Fsp3) is 0.133. The Morgan fingerprint density at radius 3 is 2.65 bits per heavy atom. The molecule has 1 amide bonds. The van der Waals surface area contributed by atoms with Gasteiger partial charge in [-0.15, -0.1) is 0 Å². The molecule has 0 saturated heterocycles. The van der Waals surface area contributed by atoms with Crippen molar-refractivity contribution in [2.45, 2.75) is 0 Å². The Hall–Kier alpha value is -2.56. The van der Waals surface area contributed by atoms with Gasteiger partial charge in [0, 0.05) is 18.8 Å². The van der Waals surface area contributed by atoms with Crippen LogP contribution in [0.1, 0.15) is 10.4 Å². The molecule has 2 rings (SSSR count). The minimum atomic E-state index is -0.467. The third-order valence-electron chi connectivity index (χ3n) is 2.84. The quantitative estimate of drug-likeness (QED) is 0.900. The maximum absolute atomic E-state index is 13.6. The Morgan fingerprint density at radius 2 is 1.95 bits per heavy atom. The summed E-state index contributed by atoms with van der Waals surface area (Å²) >= 11 is 0. The Bertz CT molecular complexity index is 629. The molecule has 5 heteroatoms. The molecule has 20 heavy (non-hydrogen) atoms. The molecule has 104 valence electrons. The van der Waals surface area contributed by atoms with Crippen LogP contribution >= 0.6 is 0 Å². The van der Waals surface area contributed by atoms with Crippen molar-refractivity contribution in [3.05, 3.63) is 53.8 Å². The molecule has 0 heterocycles. The Morgan fingerprint density at radius 1 is 1.20 bits per heavy atom. The molecule has 0 unspecified atom stereocenters. The van der Waals surface area contributed by atoms with Gasteiger partial charge in [-0.05, 0) is 24.3 Å². The average Bonchev–Trinajstić information content (AvgIpc) is 2.47. The van der Waals surface area contributed by atoms with E-state index >= 15 is 0 Å². The number of hydrogen-bond acceptors (Lipinski definition) is 3. The van der Waals surface area contributed by atoms with Crippen LogP contribution in [0.25, 0.3) is 0 Å². The third kappa shape index (κ3) is 2.88. The number of carbonyl (C=O) groups is 1. The molecule has 0 saturated carbocycles. The number of nitrogens with one attached hydrogen (secondary N) is 2. The first kappa shape index (κ1) is 13.9. The van der Waals surface area contributed by atoms with Gasteiger partial charge < -0.3 is 15.4 Å². The highest BCUT2D eigenvalue weighted by Gasteiger charge is 2.14. The number of anilines is 2. The molecular formula is C15H15FN2O2. The number of rotatable bonds is 4. The number of hydrogen-bond donors (Lipinski definition) is 2. The summed E-state index contributed by atoms with van der Waals surface area (Å²) in [6.07, 6.45) is 0. The molecule has 0 fully saturated rings. The van der Waals surface area contributed by atoms with Crippen LogP contribution < -0.4 is 15.4 Å². The molecule has 0 bridgehead atoms. The summed E-state index contributed by atoms with van der Waals surface area (Å²) in [6.45, 7) is 0. The van der Waals surface area contributed by atoms with Crippen LogP contribution in [0.15, 0.2) is 42.5 Å². The SMILES string of the molecule is CNc1c(F)cccc1C(=O)Nc1cccc(OC)c1. The number of benzene rings is 2. The molecule has 2 aromatic carbocycles. The van der Waals surface area contributed by atoms with Gasteiger partial charge in [-0.3, -0.25) is 4.79 Å². The van der Waals surface area contributed by atoms with E-state index in [4.69, 9.17) is 4.74 Å². The summed E-state index contributed by atoms with van der Waals surface area (Å²) in [7, 11) is 3.12. The van der Waals surface area contributed by atoms with E-state index in [2.05, 4.69) is 10.6 Å². The van der Waals surface area contributed by atoms with Gasteiger partial charge in [0.05, 0.1) is 18.4 Å². The van der Waals surface area contributed by atoms with Crippen LogP contribution in [0.3, 0.4) is 0 Å². The smallest absolute Gasteiger partial charge is 0.257 e. The standard InChI is InChI=1S/C15H15FN2O2/c1-17-14-12(7-4-8-13(14)16)15(19)18-10-5-3-6-11(9-10)20-2/h3-9,17H,1-2H3,(H,18,19). The lowest BCUT2D eigenvalue weighted by Crippen LogP contribution is -2.14. The van der Waals surface area contributed by atoms with Crippen molar-refractivity contribution in [2.24, 2.45) is 0 Å². The third-order valence-corrected chi connectivity index (χ3v) is 2.84. The van der Waals surface area contributed by atoms with Crippen LogP contribution in [0.2, 0.25) is 0 Å². The Labute approximate surface area is 116 Å². The van der Waals surface area contributed by atoms with Crippen LogP contribution in [-0.4, -0.2) is 20.1 Å². The first-order valence-corrected chi connectivity index (χ1v) is 6.07. The summed E-state index contributed by atoms with van der Waals surface area (Å²) < 4.78 is 18.7. The molecule has 0 atom stereocenters. The number of para-hydroxylation sites is 1. The Balaban J connectivity index is 2.26. The normalized spacial score (nSPS) is 9.95. The number of halogens is 1. The van der Waals surface area contributed by atoms with E-state index in [1.807, 2.05) is 0 Å². The molecule has 0 spiro atoms. The highest BCUT2D eigenvalue weighted by Crippen LogP contribution is 2.22. The summed E-state index contributed by atoms with van der Waals surface area (Å²) in [5.74, 6) is -0.219. The molecule has 0 aliphatic rings. The Kier molecular flexibility index (Phi) is 4.20. The first-order chi connectivity index (χ1) is 9.65. The van der Waals surface area contributed by atoms with E-state index in [9.17, 15) is 9.18 Å². The zero-order valence-electron chi connectivity index (χ0n) is 11.2. The molecular weight excluding hydrogens is 259 g/mol. The van der Waals surface area contributed by atoms with Gasteiger partial charge in [0.1, 0.15) is 11.6 Å². The number of ether oxygens (including phenoxy) is 1. The number of amides is 1. The van der Waals surface area contributed by atoms with Gasteiger partial charge in [0.15, 0.2) is 0 Å². The fourth-order valence-electron chi connectivity index (χ4n) is 1.87. The van der Waals surface area contributed by atoms with Crippen LogP contribution in [0.4, 0.5) is 15.8 Å². The van der Waals surface area contributed by atoms with Gasteiger partial charge in [-0.1, -0.05) is 12.1 Å². The largest absolute Gasteiger partial charge is 0.497 e. The summed E-state index contributed by atoms with van der Waals surface area (Å²) in [4.78, 5) is 12.2. The maximum Gasteiger partial charge on any atom is 0.257 e. The van der Waals surface area contributed by atoms with Crippen LogP contribution in [0.5, 0.6) is 5.75 Å². The predicted octanol–water partition coefficient (Wildman–Crippen LogP) is 3.13. The van der Waals surface area contributed by atoms with E-state index < -0.39 is 5.82 Å². The van der Waals surface area contributed by atoms with Crippen molar-refractivity contribution < 1.29 is 13.9 Å². The summed E-state index contributed by atoms with van der Waals surface area (Å²) in [6, 6.07) is 11.3. The molecule has 0 radical (unpaired) electrons. The van der Waals surface area contributed by atoms with Gasteiger partial charge in [-0.2, -0.15) is 0 Å². The first-order valence-electron chi connectivity index (χ1n) is 6.07. The molecule has 4 nitrogen and oxygen atoms in total. The summed E-state index contributed by atoms with van der Waals surface area (Å²) in [5, 5.41) is 5.40. The second-order valence-corrected chi connectivity index (χ2v) is 4.10. The molecule has 2 aromatic rings. The second-order valence-electron chi connectivity index (χ2n) is 4.10. The molecule has 0 aliphatic heterocycles. The van der Waals surface area contributed by atoms with Crippen molar-refractivity contribution in [1.82, 2.24) is 0 Å². The fourth-order valence-corrected chi connectivity index (χ4v) is 1.87. The van der Waals surface area contributed by atoms with Crippen LogP contribution in [0, 0.1) is 5.82 Å². The van der Waals surface area contributed by atoms with Crippen molar-refractivity contribution in [1.29, 1.82) is 0 Å². The van der Waals surface area contributed by atoms with E-state index in [-0.39, 0.29) is 17.2 Å². The maximum atomic E-state index is 13.6. The lowest BCUT2D eigenvalue weighted by molar-refractivity contribution is 0.102. The zero-order chi connectivity index (χ0) is 14.5. The second kappa shape index (κ2) is 6.06. The van der Waals surface area contributed by atoms with E-state index in [1.165, 1.54) is 12.1 Å². The lowest BCUT2D eigenvalue weighted by atomic mass is 10.1. The monoisotopic (exact) mass is 274 g/mol. The van der Waals surface area contributed by atoms with Crippen molar-refractivity contribution >= 4 is 17.3 Å². The van der Waals surface area contributed by atoms with E-state index in [0.717, 1.165) is 0 Å². The molecule has 2 N–H and O–H groups in total. The van der Waals surface area contributed by atoms with Crippen molar-refractivity contribution in [3.63, 3.8) is 0 Å². The number of carbonyl (C=O) groups excluding carboxylic acids is 1. The average molecular weight is 274 g/mol. The molecule has 0 aromatic heterocycles. The predicted molar refractivity (Wildman–Crippen MR) is 76.9 cm³/mol. The molecule has 0 aliphatic carbocycles. The van der Waals surface area contributed by atoms with Crippen molar-refractivity contribution in [2.75, 3.05) is 24.8 Å². The number of methoxy groups -OCH3 is 1. The van der Waals surface area contributed by atoms with E-state index in [1.54, 1.807) is 44.5 Å². The van der Waals surface area contributed by atoms with E-state index in [0.29, 0.717) is 11.4 Å². The minimum absolute atomic E-state index is 0.174. The van der Waals surface area contributed by atoms with Gasteiger partial charge in [-0.25, -0.2) is 4.39 Å². The highest BCUT2D eigenvalue weighted by atomic mass is 19.1. The summed E-state index contributed by atoms with van der Waals surface area (Å²) in [5.41, 5.74) is 1.00. The van der Waals surface area contributed by atoms with Gasteiger partial charge >= 0.3 is 0 Å². The zero-order valence-corrected chi connectivity index (χ0v) is 11.2. The van der Waals surface area contributed by atoms with Crippen molar-refractivity contribution in [3.8, 4) is 5.75 Å². The van der Waals surface area contributed by atoms with Crippen LogP contribution in [-0.2, 0) is 0 Å². The van der Waals surface area contributed by atoms with Gasteiger partial charge in [0.25, 0.3) is 5.91 Å².